The van der Waals surface area contributed by atoms with Gasteiger partial charge in [0.2, 0.25) is 11.8 Å². The predicted octanol–water partition coefficient (Wildman–Crippen LogP) is 1.52. The van der Waals surface area contributed by atoms with Crippen molar-refractivity contribution in [2.24, 2.45) is 4.99 Å². The summed E-state index contributed by atoms with van der Waals surface area (Å²) in [5.74, 6) is 2.10. The number of aliphatic imine (C=N–C) groups is 1. The predicted molar refractivity (Wildman–Crippen MR) is 101 cm³/mol. The third-order valence-corrected chi connectivity index (χ3v) is 4.52. The number of ether oxygens (including phenoxy) is 1. The Morgan fingerprint density at radius 1 is 1.38 bits per heavy atom. The van der Waals surface area contributed by atoms with Crippen molar-refractivity contribution in [1.82, 2.24) is 25.3 Å². The van der Waals surface area contributed by atoms with Crippen LogP contribution in [0.2, 0.25) is 0 Å². The lowest BCUT2D eigenvalue weighted by Crippen LogP contribution is -2.53. The van der Waals surface area contributed by atoms with E-state index in [1.807, 2.05) is 6.07 Å². The highest BCUT2D eigenvalue weighted by Crippen LogP contribution is 2.23. The van der Waals surface area contributed by atoms with E-state index in [0.29, 0.717) is 18.4 Å². The van der Waals surface area contributed by atoms with E-state index in [1.54, 1.807) is 19.6 Å². The molecule has 0 amide bonds. The Morgan fingerprint density at radius 2 is 2.19 bits per heavy atom. The van der Waals surface area contributed by atoms with Gasteiger partial charge in [0.25, 0.3) is 0 Å². The fourth-order valence-corrected chi connectivity index (χ4v) is 3.01. The molecule has 2 aromatic rings. The van der Waals surface area contributed by atoms with Crippen LogP contribution in [0, 0.1) is 0 Å². The van der Waals surface area contributed by atoms with Crippen LogP contribution in [0.15, 0.2) is 32.5 Å². The highest BCUT2D eigenvalue weighted by atomic mass is 79.9. The van der Waals surface area contributed by atoms with Crippen molar-refractivity contribution in [3.63, 3.8) is 0 Å². The van der Waals surface area contributed by atoms with Gasteiger partial charge in [-0.2, -0.15) is 4.98 Å². The molecule has 140 valence electrons. The summed E-state index contributed by atoms with van der Waals surface area (Å²) in [5, 5.41) is 7.24. The van der Waals surface area contributed by atoms with Crippen molar-refractivity contribution >= 4 is 27.8 Å². The second-order valence-electron chi connectivity index (χ2n) is 5.66. The van der Waals surface area contributed by atoms with E-state index in [0.717, 1.165) is 48.8 Å². The van der Waals surface area contributed by atoms with E-state index in [-0.39, 0.29) is 0 Å². The van der Waals surface area contributed by atoms with E-state index in [4.69, 9.17) is 9.26 Å². The van der Waals surface area contributed by atoms with Gasteiger partial charge in [0.05, 0.1) is 24.3 Å². The van der Waals surface area contributed by atoms with Gasteiger partial charge in [-0.1, -0.05) is 5.16 Å². The molecule has 1 aliphatic heterocycles. The zero-order valence-electron chi connectivity index (χ0n) is 14.9. The van der Waals surface area contributed by atoms with Gasteiger partial charge in [-0.05, 0) is 22.9 Å². The fraction of sp³-hybridized carbons (Fsp3) is 0.500. The lowest BCUT2D eigenvalue weighted by molar-refractivity contribution is 0.365. The molecule has 1 aliphatic rings. The number of nitrogens with zero attached hydrogens (tertiary/aromatic N) is 6. The molecule has 0 spiro atoms. The second kappa shape index (κ2) is 8.84. The molecule has 0 saturated carbocycles. The lowest BCUT2D eigenvalue weighted by atomic mass is 10.3. The minimum absolute atomic E-state index is 0.492. The van der Waals surface area contributed by atoms with Crippen molar-refractivity contribution in [3.8, 4) is 5.88 Å². The van der Waals surface area contributed by atoms with Crippen LogP contribution in [0.4, 0.5) is 5.95 Å². The third kappa shape index (κ3) is 4.43. The van der Waals surface area contributed by atoms with E-state index in [9.17, 15) is 0 Å². The van der Waals surface area contributed by atoms with E-state index >= 15 is 0 Å². The molecule has 0 bridgehead atoms. The van der Waals surface area contributed by atoms with Crippen LogP contribution >= 0.6 is 15.9 Å². The van der Waals surface area contributed by atoms with Crippen LogP contribution < -0.4 is 15.0 Å². The molecular weight excluding hydrogens is 402 g/mol. The number of anilines is 1. The summed E-state index contributed by atoms with van der Waals surface area (Å²) in [5.41, 5.74) is 0.814. The molecule has 0 unspecified atom stereocenters. The van der Waals surface area contributed by atoms with Crippen LogP contribution in [-0.2, 0) is 6.54 Å². The number of aromatic nitrogens is 3. The molecule has 0 atom stereocenters. The molecule has 0 aromatic carbocycles. The molecule has 0 radical (unpaired) electrons. The summed E-state index contributed by atoms with van der Waals surface area (Å²) in [6.07, 6.45) is 3.28. The van der Waals surface area contributed by atoms with Crippen molar-refractivity contribution in [2.45, 2.75) is 13.5 Å². The van der Waals surface area contributed by atoms with Gasteiger partial charge < -0.3 is 24.4 Å². The molecule has 9 nitrogen and oxygen atoms in total. The van der Waals surface area contributed by atoms with Crippen molar-refractivity contribution in [3.05, 3.63) is 28.7 Å². The number of piperazine rings is 1. The van der Waals surface area contributed by atoms with E-state index < -0.39 is 0 Å². The SMILES string of the molecule is CCNC(=NCc1ccon1)N1CCN(c2ncc(Br)c(OC)n2)CC1. The first kappa shape index (κ1) is 18.4. The summed E-state index contributed by atoms with van der Waals surface area (Å²) in [6.45, 7) is 6.62. The summed E-state index contributed by atoms with van der Waals surface area (Å²) < 4.78 is 10.9. The maximum Gasteiger partial charge on any atom is 0.232 e. The van der Waals surface area contributed by atoms with Gasteiger partial charge in [0.15, 0.2) is 5.96 Å². The zero-order chi connectivity index (χ0) is 18.4. The highest BCUT2D eigenvalue weighted by Gasteiger charge is 2.22. The first-order chi connectivity index (χ1) is 12.7. The topological polar surface area (TPSA) is 91.9 Å². The first-order valence-electron chi connectivity index (χ1n) is 8.45. The van der Waals surface area contributed by atoms with Crippen LogP contribution in [0.3, 0.4) is 0 Å². The number of nitrogens with one attached hydrogen (secondary N) is 1. The largest absolute Gasteiger partial charge is 0.480 e. The molecule has 2 aromatic heterocycles. The molecular formula is C16H22BrN7O2. The maximum absolute atomic E-state index is 5.26. The smallest absolute Gasteiger partial charge is 0.232 e. The Bertz CT molecular complexity index is 730. The normalized spacial score (nSPS) is 15.3. The molecule has 1 N–H and O–H groups in total. The Morgan fingerprint density at radius 3 is 2.85 bits per heavy atom. The number of hydrogen-bond acceptors (Lipinski definition) is 7. The van der Waals surface area contributed by atoms with Gasteiger partial charge in [-0.3, -0.25) is 0 Å². The van der Waals surface area contributed by atoms with Crippen LogP contribution in [0.25, 0.3) is 0 Å². The number of guanidine groups is 1. The Kier molecular flexibility index (Phi) is 6.26. The number of hydrogen-bond donors (Lipinski definition) is 1. The highest BCUT2D eigenvalue weighted by molar-refractivity contribution is 9.10. The summed E-state index contributed by atoms with van der Waals surface area (Å²) >= 11 is 3.38. The molecule has 26 heavy (non-hydrogen) atoms. The Labute approximate surface area is 160 Å². The quantitative estimate of drug-likeness (QED) is 0.571. The van der Waals surface area contributed by atoms with Gasteiger partial charge in [-0.25, -0.2) is 9.98 Å². The fourth-order valence-electron chi connectivity index (χ4n) is 2.66. The average molecular weight is 424 g/mol. The van der Waals surface area contributed by atoms with Crippen LogP contribution in [0.1, 0.15) is 12.6 Å². The van der Waals surface area contributed by atoms with Crippen molar-refractivity contribution < 1.29 is 9.26 Å². The molecule has 3 heterocycles. The monoisotopic (exact) mass is 423 g/mol. The maximum atomic E-state index is 5.26. The Balaban J connectivity index is 1.63. The molecule has 3 rings (SSSR count). The van der Waals surface area contributed by atoms with Gasteiger partial charge in [0, 0.05) is 38.8 Å². The summed E-state index contributed by atoms with van der Waals surface area (Å²) in [4.78, 5) is 17.9. The number of halogens is 1. The van der Waals surface area contributed by atoms with Gasteiger partial charge >= 0.3 is 0 Å². The molecule has 0 aliphatic carbocycles. The molecule has 10 heteroatoms. The minimum atomic E-state index is 0.492. The van der Waals surface area contributed by atoms with E-state index in [1.165, 1.54) is 0 Å². The average Bonchev–Trinajstić information content (AvgIpc) is 3.19. The van der Waals surface area contributed by atoms with Gasteiger partial charge in [-0.15, -0.1) is 0 Å². The lowest BCUT2D eigenvalue weighted by Gasteiger charge is -2.36. The van der Waals surface area contributed by atoms with Crippen molar-refractivity contribution in [2.75, 3.05) is 44.7 Å². The Hall–Kier alpha value is -2.36. The molecule has 1 fully saturated rings. The second-order valence-corrected chi connectivity index (χ2v) is 6.52. The molecule has 1 saturated heterocycles. The van der Waals surface area contributed by atoms with Crippen LogP contribution in [0.5, 0.6) is 5.88 Å². The number of methoxy groups -OCH3 is 1. The van der Waals surface area contributed by atoms with E-state index in [2.05, 4.69) is 58.1 Å². The van der Waals surface area contributed by atoms with Crippen LogP contribution in [-0.4, -0.2) is 65.8 Å². The third-order valence-electron chi connectivity index (χ3n) is 3.97. The standard InChI is InChI=1S/C16H22BrN7O2/c1-3-18-15(19-10-12-4-9-26-22-12)23-5-7-24(8-6-23)16-20-11-13(17)14(21-16)25-2/h4,9,11H,3,5-8,10H2,1-2H3,(H,18,19). The van der Waals surface area contributed by atoms with Crippen molar-refractivity contribution in [1.29, 1.82) is 0 Å². The first-order valence-corrected chi connectivity index (χ1v) is 9.24. The summed E-state index contributed by atoms with van der Waals surface area (Å²) in [6, 6.07) is 1.82. The van der Waals surface area contributed by atoms with Gasteiger partial charge in [0.1, 0.15) is 12.0 Å². The summed E-state index contributed by atoms with van der Waals surface area (Å²) in [7, 11) is 1.60. The number of rotatable bonds is 5. The minimum Gasteiger partial charge on any atom is -0.480 e. The zero-order valence-corrected chi connectivity index (χ0v) is 16.4.